The van der Waals surface area contributed by atoms with E-state index in [1.165, 1.54) is 0 Å². The molecule has 3 nitrogen and oxygen atoms in total. The summed E-state index contributed by atoms with van der Waals surface area (Å²) >= 11 is 4.98. The topological polar surface area (TPSA) is 40.5 Å². The number of halogens is 1. The van der Waals surface area contributed by atoms with Crippen LogP contribution < -0.4 is 4.90 Å². The number of aliphatic hydroxyl groups excluding tert-OH is 1. The van der Waals surface area contributed by atoms with Gasteiger partial charge in [0.05, 0.1) is 11.4 Å². The fourth-order valence-corrected chi connectivity index (χ4v) is 2.91. The van der Waals surface area contributed by atoms with Gasteiger partial charge in [0.25, 0.3) is 0 Å². The van der Waals surface area contributed by atoms with Crippen molar-refractivity contribution in [3.8, 4) is 0 Å². The van der Waals surface area contributed by atoms with Gasteiger partial charge in [-0.2, -0.15) is 0 Å². The Bertz CT molecular complexity index is 411. The molecule has 0 saturated carbocycles. The van der Waals surface area contributed by atoms with E-state index in [4.69, 9.17) is 5.11 Å². The number of amides is 1. The highest BCUT2D eigenvalue weighted by Gasteiger charge is 2.24. The molecule has 0 atom stereocenters. The first-order valence-electron chi connectivity index (χ1n) is 5.06. The summed E-state index contributed by atoms with van der Waals surface area (Å²) in [6.07, 6.45) is 0.613. The van der Waals surface area contributed by atoms with Crippen molar-refractivity contribution in [2.24, 2.45) is 0 Å². The van der Waals surface area contributed by atoms with Gasteiger partial charge in [-0.1, -0.05) is 15.9 Å². The summed E-state index contributed by atoms with van der Waals surface area (Å²) in [5.41, 5.74) is 0.948. The van der Waals surface area contributed by atoms with Crippen LogP contribution in [0.5, 0.6) is 0 Å². The monoisotopic (exact) mass is 301 g/mol. The summed E-state index contributed by atoms with van der Waals surface area (Å²) in [4.78, 5) is 14.7. The first-order chi connectivity index (χ1) is 7.72. The van der Waals surface area contributed by atoms with Crippen molar-refractivity contribution in [1.29, 1.82) is 0 Å². The van der Waals surface area contributed by atoms with Crippen LogP contribution in [0.25, 0.3) is 0 Å². The highest BCUT2D eigenvalue weighted by molar-refractivity contribution is 9.10. The van der Waals surface area contributed by atoms with E-state index in [0.29, 0.717) is 18.7 Å². The number of hydrogen-bond donors (Lipinski definition) is 1. The van der Waals surface area contributed by atoms with Crippen molar-refractivity contribution in [3.63, 3.8) is 0 Å². The van der Waals surface area contributed by atoms with Gasteiger partial charge in [0.1, 0.15) is 0 Å². The Morgan fingerprint density at radius 2 is 2.31 bits per heavy atom. The van der Waals surface area contributed by atoms with Crippen molar-refractivity contribution < 1.29 is 9.90 Å². The summed E-state index contributed by atoms with van der Waals surface area (Å²) in [5.74, 6) is 0.601. The Hall–Kier alpha value is -0.520. The average Bonchev–Trinajstić information content (AvgIpc) is 2.28. The second kappa shape index (κ2) is 5.21. The molecule has 1 amide bonds. The number of rotatable bonds is 3. The van der Waals surface area contributed by atoms with Crippen molar-refractivity contribution in [2.75, 3.05) is 23.8 Å². The molecule has 0 spiro atoms. The standard InChI is InChI=1S/C11H12BrNO2S/c12-8-2-3-10-9(6-8)13(4-1-5-14)11(15)7-16-10/h2-3,6,14H,1,4-5,7H2. The molecule has 5 heteroatoms. The molecule has 2 rings (SSSR count). The van der Waals surface area contributed by atoms with E-state index in [1.807, 2.05) is 18.2 Å². The van der Waals surface area contributed by atoms with Crippen LogP contribution in [0.15, 0.2) is 27.6 Å². The summed E-state index contributed by atoms with van der Waals surface area (Å²) < 4.78 is 0.968. The normalized spacial score (nSPS) is 15.1. The molecule has 0 unspecified atom stereocenters. The lowest BCUT2D eigenvalue weighted by Gasteiger charge is -2.28. The van der Waals surface area contributed by atoms with Gasteiger partial charge in [-0.3, -0.25) is 4.79 Å². The number of nitrogens with zero attached hydrogens (tertiary/aromatic N) is 1. The lowest BCUT2D eigenvalue weighted by Crippen LogP contribution is -2.36. The van der Waals surface area contributed by atoms with E-state index in [1.54, 1.807) is 16.7 Å². The molecular formula is C11H12BrNO2S. The second-order valence-electron chi connectivity index (χ2n) is 3.52. The third-order valence-corrected chi connectivity index (χ3v) is 3.94. The Morgan fingerprint density at radius 1 is 1.50 bits per heavy atom. The second-order valence-corrected chi connectivity index (χ2v) is 5.46. The van der Waals surface area contributed by atoms with Crippen molar-refractivity contribution in [2.45, 2.75) is 11.3 Å². The molecule has 0 aliphatic carbocycles. The molecule has 0 fully saturated rings. The van der Waals surface area contributed by atoms with Crippen LogP contribution in [0.2, 0.25) is 0 Å². The summed E-state index contributed by atoms with van der Waals surface area (Å²) in [5, 5.41) is 8.83. The lowest BCUT2D eigenvalue weighted by atomic mass is 10.2. The molecule has 86 valence electrons. The van der Waals surface area contributed by atoms with E-state index in [-0.39, 0.29) is 12.5 Å². The van der Waals surface area contributed by atoms with Crippen molar-refractivity contribution in [1.82, 2.24) is 0 Å². The van der Waals surface area contributed by atoms with Crippen LogP contribution in [0.4, 0.5) is 5.69 Å². The molecule has 0 bridgehead atoms. The van der Waals surface area contributed by atoms with Crippen LogP contribution >= 0.6 is 27.7 Å². The molecule has 0 saturated heterocycles. The third-order valence-electron chi connectivity index (χ3n) is 2.40. The zero-order valence-corrected chi connectivity index (χ0v) is 11.1. The molecular weight excluding hydrogens is 290 g/mol. The third kappa shape index (κ3) is 2.42. The Balaban J connectivity index is 2.31. The molecule has 0 aromatic heterocycles. The van der Waals surface area contributed by atoms with Crippen LogP contribution in [-0.4, -0.2) is 29.9 Å². The van der Waals surface area contributed by atoms with E-state index >= 15 is 0 Å². The zero-order chi connectivity index (χ0) is 11.5. The number of aliphatic hydroxyl groups is 1. The Kier molecular flexibility index (Phi) is 3.89. The van der Waals surface area contributed by atoms with Crippen molar-refractivity contribution >= 4 is 39.3 Å². The minimum absolute atomic E-state index is 0.111. The number of carbonyl (C=O) groups is 1. The first kappa shape index (κ1) is 12.0. The van der Waals surface area contributed by atoms with Crippen LogP contribution in [0, 0.1) is 0 Å². The van der Waals surface area contributed by atoms with Gasteiger partial charge in [-0.25, -0.2) is 0 Å². The van der Waals surface area contributed by atoms with E-state index in [9.17, 15) is 4.79 Å². The van der Waals surface area contributed by atoms with Gasteiger partial charge in [0.2, 0.25) is 5.91 Å². The summed E-state index contributed by atoms with van der Waals surface area (Å²) in [6, 6.07) is 5.95. The molecule has 0 radical (unpaired) electrons. The van der Waals surface area contributed by atoms with E-state index < -0.39 is 0 Å². The maximum atomic E-state index is 11.8. The predicted octanol–water partition coefficient (Wildman–Crippen LogP) is 2.27. The SMILES string of the molecule is O=C1CSc2ccc(Br)cc2N1CCCO. The number of benzene rings is 1. The van der Waals surface area contributed by atoms with Gasteiger partial charge in [0.15, 0.2) is 0 Å². The number of anilines is 1. The van der Waals surface area contributed by atoms with Crippen molar-refractivity contribution in [3.05, 3.63) is 22.7 Å². The van der Waals surface area contributed by atoms with Crippen LogP contribution in [0.1, 0.15) is 6.42 Å². The molecule has 1 N–H and O–H groups in total. The molecule has 1 aromatic carbocycles. The zero-order valence-electron chi connectivity index (χ0n) is 8.65. The minimum atomic E-state index is 0.111. The van der Waals surface area contributed by atoms with Gasteiger partial charge in [0, 0.05) is 22.5 Å². The lowest BCUT2D eigenvalue weighted by molar-refractivity contribution is -0.116. The van der Waals surface area contributed by atoms with Gasteiger partial charge < -0.3 is 10.0 Å². The molecule has 1 aromatic rings. The van der Waals surface area contributed by atoms with Gasteiger partial charge >= 0.3 is 0 Å². The van der Waals surface area contributed by atoms with E-state index in [0.717, 1.165) is 15.1 Å². The number of thioether (sulfide) groups is 1. The van der Waals surface area contributed by atoms with Gasteiger partial charge in [-0.15, -0.1) is 11.8 Å². The Labute approximate surface area is 107 Å². The summed E-state index contributed by atoms with van der Waals surface area (Å²) in [6.45, 7) is 0.694. The number of hydrogen-bond acceptors (Lipinski definition) is 3. The first-order valence-corrected chi connectivity index (χ1v) is 6.84. The summed E-state index contributed by atoms with van der Waals surface area (Å²) in [7, 11) is 0. The smallest absolute Gasteiger partial charge is 0.237 e. The maximum absolute atomic E-state index is 11.8. The molecule has 1 heterocycles. The van der Waals surface area contributed by atoms with E-state index in [2.05, 4.69) is 15.9 Å². The number of carbonyl (C=O) groups excluding carboxylic acids is 1. The van der Waals surface area contributed by atoms with Gasteiger partial charge in [-0.05, 0) is 24.6 Å². The highest BCUT2D eigenvalue weighted by Crippen LogP contribution is 2.37. The highest BCUT2D eigenvalue weighted by atomic mass is 79.9. The fourth-order valence-electron chi connectivity index (χ4n) is 1.65. The van der Waals surface area contributed by atoms with Crippen LogP contribution in [-0.2, 0) is 4.79 Å². The largest absolute Gasteiger partial charge is 0.396 e. The Morgan fingerprint density at radius 3 is 3.06 bits per heavy atom. The molecule has 16 heavy (non-hydrogen) atoms. The van der Waals surface area contributed by atoms with Crippen LogP contribution in [0.3, 0.4) is 0 Å². The maximum Gasteiger partial charge on any atom is 0.237 e. The quantitative estimate of drug-likeness (QED) is 0.931. The minimum Gasteiger partial charge on any atom is -0.396 e. The number of fused-ring (bicyclic) bond motifs is 1. The average molecular weight is 302 g/mol. The molecule has 1 aliphatic heterocycles. The predicted molar refractivity (Wildman–Crippen MR) is 68.9 cm³/mol. The molecule has 1 aliphatic rings. The fraction of sp³-hybridized carbons (Fsp3) is 0.364.